The van der Waals surface area contributed by atoms with Gasteiger partial charge < -0.3 is 39.4 Å². The van der Waals surface area contributed by atoms with Gasteiger partial charge in [0.25, 0.3) is 0 Å². The van der Waals surface area contributed by atoms with E-state index in [0.29, 0.717) is 12.8 Å². The number of rotatable bonds is 37. The number of esters is 2. The lowest BCUT2D eigenvalue weighted by Crippen LogP contribution is -2.59. The van der Waals surface area contributed by atoms with E-state index < -0.39 is 55.4 Å². The molecule has 0 aliphatic carbocycles. The van der Waals surface area contributed by atoms with Crippen molar-refractivity contribution in [3.63, 3.8) is 0 Å². The van der Waals surface area contributed by atoms with Crippen LogP contribution in [0.2, 0.25) is 0 Å². The van der Waals surface area contributed by atoms with Gasteiger partial charge in [0.1, 0.15) is 31.0 Å². The van der Waals surface area contributed by atoms with Crippen LogP contribution in [-0.2, 0) is 28.5 Å². The number of aliphatic hydroxyl groups excluding tert-OH is 4. The summed E-state index contributed by atoms with van der Waals surface area (Å²) in [7, 11) is 0. The normalized spacial score (nSPS) is 20.7. The van der Waals surface area contributed by atoms with E-state index in [1.54, 1.807) is 0 Å². The van der Waals surface area contributed by atoms with Crippen molar-refractivity contribution in [2.24, 2.45) is 0 Å². The van der Waals surface area contributed by atoms with Gasteiger partial charge in [-0.1, -0.05) is 157 Å². The zero-order valence-corrected chi connectivity index (χ0v) is 37.2. The molecule has 10 heteroatoms. The number of unbranched alkanes of at least 4 members (excludes halogenated alkanes) is 12. The van der Waals surface area contributed by atoms with Gasteiger partial charge in [-0.3, -0.25) is 9.59 Å². The fourth-order valence-corrected chi connectivity index (χ4v) is 6.38. The van der Waals surface area contributed by atoms with Crippen LogP contribution in [0.1, 0.15) is 162 Å². The molecule has 0 bridgehead atoms. The van der Waals surface area contributed by atoms with Crippen molar-refractivity contribution in [1.29, 1.82) is 0 Å². The second-order valence-corrected chi connectivity index (χ2v) is 15.5. The topological polar surface area (TPSA) is 152 Å². The smallest absolute Gasteiger partial charge is 0.306 e. The summed E-state index contributed by atoms with van der Waals surface area (Å²) in [5.74, 6) is -0.921. The number of carbonyl (C=O) groups excluding carboxylic acids is 2. The molecule has 10 nitrogen and oxygen atoms in total. The first-order valence-corrected chi connectivity index (χ1v) is 23.2. The third-order valence-corrected chi connectivity index (χ3v) is 10.0. The Hall–Kier alpha value is -3.12. The predicted octanol–water partition coefficient (Wildman–Crippen LogP) is 10.2. The summed E-state index contributed by atoms with van der Waals surface area (Å²) in [5.41, 5.74) is 0. The van der Waals surface area contributed by atoms with Crippen molar-refractivity contribution in [2.75, 3.05) is 19.8 Å². The van der Waals surface area contributed by atoms with Crippen molar-refractivity contribution in [3.05, 3.63) is 85.1 Å². The lowest BCUT2D eigenvalue weighted by Gasteiger charge is -2.39. The summed E-state index contributed by atoms with van der Waals surface area (Å²) in [5, 5.41) is 40.1. The number of aliphatic hydroxyl groups is 4. The van der Waals surface area contributed by atoms with E-state index in [4.69, 9.17) is 18.9 Å². The number of hydrogen-bond acceptors (Lipinski definition) is 10. The van der Waals surface area contributed by atoms with Crippen LogP contribution >= 0.6 is 0 Å². The molecule has 0 aromatic carbocycles. The van der Waals surface area contributed by atoms with E-state index in [1.165, 1.54) is 51.4 Å². The minimum Gasteiger partial charge on any atom is -0.462 e. The molecular weight excluding hydrogens is 761 g/mol. The van der Waals surface area contributed by atoms with Gasteiger partial charge in [0.2, 0.25) is 0 Å². The Kier molecular flexibility index (Phi) is 36.6. The van der Waals surface area contributed by atoms with Crippen LogP contribution in [0.4, 0.5) is 0 Å². The Morgan fingerprint density at radius 3 is 1.55 bits per heavy atom. The van der Waals surface area contributed by atoms with Crippen LogP contribution in [0.15, 0.2) is 85.1 Å². The van der Waals surface area contributed by atoms with Gasteiger partial charge in [-0.05, 0) is 77.0 Å². The van der Waals surface area contributed by atoms with Gasteiger partial charge in [0.15, 0.2) is 12.4 Å². The van der Waals surface area contributed by atoms with Crippen molar-refractivity contribution >= 4 is 11.9 Å². The molecule has 0 spiro atoms. The van der Waals surface area contributed by atoms with E-state index in [-0.39, 0.29) is 26.1 Å². The third-order valence-electron chi connectivity index (χ3n) is 10.0. The maximum absolute atomic E-state index is 12.8. The minimum atomic E-state index is -1.61. The average Bonchev–Trinajstić information content (AvgIpc) is 3.25. The van der Waals surface area contributed by atoms with Crippen molar-refractivity contribution in [1.82, 2.24) is 0 Å². The predicted molar refractivity (Wildman–Crippen MR) is 242 cm³/mol. The summed E-state index contributed by atoms with van der Waals surface area (Å²) < 4.78 is 22.1. The Balaban J connectivity index is 2.39. The Bertz CT molecular complexity index is 1250. The summed E-state index contributed by atoms with van der Waals surface area (Å²) in [4.78, 5) is 25.3. The zero-order chi connectivity index (χ0) is 43.7. The largest absolute Gasteiger partial charge is 0.462 e. The molecule has 0 aromatic rings. The van der Waals surface area contributed by atoms with Gasteiger partial charge in [-0.15, -0.1) is 0 Å². The average molecular weight is 843 g/mol. The van der Waals surface area contributed by atoms with E-state index in [0.717, 1.165) is 70.6 Å². The molecule has 342 valence electrons. The highest BCUT2D eigenvalue weighted by Gasteiger charge is 2.44. The molecule has 1 heterocycles. The Labute approximate surface area is 363 Å². The maximum Gasteiger partial charge on any atom is 0.306 e. The van der Waals surface area contributed by atoms with E-state index >= 15 is 0 Å². The van der Waals surface area contributed by atoms with E-state index in [1.807, 2.05) is 12.2 Å². The molecule has 6 unspecified atom stereocenters. The molecule has 1 aliphatic heterocycles. The highest BCUT2D eigenvalue weighted by atomic mass is 16.7. The number of hydrogen-bond donors (Lipinski definition) is 4. The Morgan fingerprint density at radius 1 is 0.533 bits per heavy atom. The maximum atomic E-state index is 12.8. The van der Waals surface area contributed by atoms with Crippen LogP contribution < -0.4 is 0 Å². The van der Waals surface area contributed by atoms with E-state index in [2.05, 4.69) is 86.8 Å². The van der Waals surface area contributed by atoms with Crippen LogP contribution in [0.25, 0.3) is 0 Å². The van der Waals surface area contributed by atoms with Crippen molar-refractivity contribution < 1.29 is 49.0 Å². The molecule has 1 fully saturated rings. The first kappa shape index (κ1) is 54.9. The van der Waals surface area contributed by atoms with Gasteiger partial charge >= 0.3 is 11.9 Å². The summed E-state index contributed by atoms with van der Waals surface area (Å²) in [6.45, 7) is 3.21. The lowest BCUT2D eigenvalue weighted by molar-refractivity contribution is -0.305. The van der Waals surface area contributed by atoms with E-state index in [9.17, 15) is 30.0 Å². The Morgan fingerprint density at radius 2 is 1.02 bits per heavy atom. The molecule has 1 aliphatic rings. The molecule has 60 heavy (non-hydrogen) atoms. The van der Waals surface area contributed by atoms with Crippen LogP contribution in [0, 0.1) is 0 Å². The third kappa shape index (κ3) is 30.8. The second kappa shape index (κ2) is 40.0. The molecule has 6 atom stereocenters. The molecule has 1 saturated heterocycles. The molecule has 0 saturated carbocycles. The quantitative estimate of drug-likeness (QED) is 0.0270. The molecule has 0 aromatic heterocycles. The monoisotopic (exact) mass is 843 g/mol. The summed E-state index contributed by atoms with van der Waals surface area (Å²) in [6.07, 6.45) is 44.6. The fourth-order valence-electron chi connectivity index (χ4n) is 6.38. The number of allylic oxidation sites excluding steroid dienone is 14. The first-order valence-electron chi connectivity index (χ1n) is 23.2. The van der Waals surface area contributed by atoms with Crippen molar-refractivity contribution in [3.8, 4) is 0 Å². The van der Waals surface area contributed by atoms with Gasteiger partial charge in [0, 0.05) is 12.8 Å². The van der Waals surface area contributed by atoms with Gasteiger partial charge in [-0.25, -0.2) is 0 Å². The van der Waals surface area contributed by atoms with Gasteiger partial charge in [-0.2, -0.15) is 0 Å². The second-order valence-electron chi connectivity index (χ2n) is 15.5. The number of ether oxygens (including phenoxy) is 4. The molecular formula is C50H82O10. The van der Waals surface area contributed by atoms with Crippen LogP contribution in [-0.4, -0.2) is 89.0 Å². The van der Waals surface area contributed by atoms with Crippen LogP contribution in [0.5, 0.6) is 0 Å². The minimum absolute atomic E-state index is 0.0989. The molecule has 0 amide bonds. The summed E-state index contributed by atoms with van der Waals surface area (Å²) in [6, 6.07) is 0. The standard InChI is InChI=1S/C50H82O10/c1-3-5-7-9-11-13-15-17-19-21-22-23-25-27-29-31-33-35-37-39-46(53)59-43(42-58-50-49(56)48(55)47(54)44(40-51)60-50)41-57-45(52)38-36-34-32-30-28-26-24-20-18-16-14-12-10-8-6-4-2/h5,7,11,13,17,19-20,22-24,27,29,33,35,43-44,47-51,54-56H,3-4,6,8-10,12,14-16,18,21,25-26,28,30-32,34,36-42H2,1-2H3/b7-5-,13-11-,19-17-,23-22-,24-20-,29-27-,35-33-. The number of carbonyl (C=O) groups is 2. The van der Waals surface area contributed by atoms with Crippen LogP contribution in [0.3, 0.4) is 0 Å². The fraction of sp³-hybridized carbons (Fsp3) is 0.680. The SMILES string of the molecule is CC/C=C\C/C=C\C/C=C\C/C=C\C/C=C\C/C=C\CCC(=O)OC(COC(=O)CCCCCCC/C=C\CCCCCCCCC)COC1OC(CO)C(O)C(O)C1O. The van der Waals surface area contributed by atoms with Gasteiger partial charge in [0.05, 0.1) is 13.2 Å². The molecule has 1 rings (SSSR count). The highest BCUT2D eigenvalue weighted by Crippen LogP contribution is 2.22. The first-order chi connectivity index (χ1) is 29.3. The highest BCUT2D eigenvalue weighted by molar-refractivity contribution is 5.70. The lowest BCUT2D eigenvalue weighted by atomic mass is 9.99. The molecule has 4 N–H and O–H groups in total. The summed E-state index contributed by atoms with van der Waals surface area (Å²) >= 11 is 0. The zero-order valence-electron chi connectivity index (χ0n) is 37.2. The molecule has 0 radical (unpaired) electrons. The van der Waals surface area contributed by atoms with Crippen molar-refractivity contribution in [2.45, 2.75) is 198 Å².